The second kappa shape index (κ2) is 9.42. The second-order valence-corrected chi connectivity index (χ2v) is 8.78. The fraction of sp³-hybridized carbons (Fsp3) is 0.542. The molecule has 31 heavy (non-hydrogen) atoms. The summed E-state index contributed by atoms with van der Waals surface area (Å²) in [7, 11) is 0. The fourth-order valence-electron chi connectivity index (χ4n) is 5.05. The Kier molecular flexibility index (Phi) is 6.45. The molecule has 164 valence electrons. The Morgan fingerprint density at radius 3 is 2.74 bits per heavy atom. The third kappa shape index (κ3) is 4.53. The lowest BCUT2D eigenvalue weighted by Gasteiger charge is -2.26. The van der Waals surface area contributed by atoms with E-state index in [0.29, 0.717) is 29.8 Å². The normalized spacial score (nSPS) is 17.9. The number of aromatic nitrogens is 2. The molecule has 1 spiro atoms. The SMILES string of the molecule is CCNC(=NCCCc1nn(-c2ccccc2)c(N)c1C#N)N1CCC2(CCCC2)C1. The standard InChI is InChI=1S/C24H33N7/c1-2-27-23(30-16-14-24(18-30)12-6-7-13-24)28-15-8-11-21-20(17-25)22(26)31(29-21)19-9-4-3-5-10-19/h3-5,9-10H,2,6-8,11-16,18,26H2,1H3,(H,27,28). The highest BCUT2D eigenvalue weighted by molar-refractivity contribution is 5.80. The van der Waals surface area contributed by atoms with Crippen LogP contribution in [0.2, 0.25) is 0 Å². The van der Waals surface area contributed by atoms with E-state index < -0.39 is 0 Å². The Labute approximate surface area is 184 Å². The van der Waals surface area contributed by atoms with Crippen molar-refractivity contribution in [3.63, 3.8) is 0 Å². The van der Waals surface area contributed by atoms with Crippen LogP contribution in [0.3, 0.4) is 0 Å². The van der Waals surface area contributed by atoms with Gasteiger partial charge in [0.05, 0.1) is 11.4 Å². The van der Waals surface area contributed by atoms with E-state index in [9.17, 15) is 5.26 Å². The molecule has 2 aliphatic rings. The molecule has 0 radical (unpaired) electrons. The van der Waals surface area contributed by atoms with Gasteiger partial charge in [-0.25, -0.2) is 4.68 Å². The van der Waals surface area contributed by atoms with Gasteiger partial charge >= 0.3 is 0 Å². The third-order valence-electron chi connectivity index (χ3n) is 6.68. The van der Waals surface area contributed by atoms with E-state index in [1.54, 1.807) is 4.68 Å². The first-order valence-electron chi connectivity index (χ1n) is 11.5. The van der Waals surface area contributed by atoms with E-state index in [4.69, 9.17) is 10.7 Å². The van der Waals surface area contributed by atoms with Crippen LogP contribution < -0.4 is 11.1 Å². The molecule has 2 aromatic rings. The number of nitrogens with two attached hydrogens (primary N) is 1. The first-order valence-corrected chi connectivity index (χ1v) is 11.5. The number of rotatable bonds is 6. The van der Waals surface area contributed by atoms with Gasteiger partial charge in [0.15, 0.2) is 5.96 Å². The number of guanidine groups is 1. The monoisotopic (exact) mass is 419 g/mol. The quantitative estimate of drug-likeness (QED) is 0.424. The van der Waals surface area contributed by atoms with Gasteiger partial charge in [-0.1, -0.05) is 31.0 Å². The highest BCUT2D eigenvalue weighted by atomic mass is 15.3. The number of nitrogens with zero attached hydrogens (tertiary/aromatic N) is 5. The van der Waals surface area contributed by atoms with Crippen molar-refractivity contribution in [2.45, 2.75) is 51.9 Å². The summed E-state index contributed by atoms with van der Waals surface area (Å²) < 4.78 is 1.66. The summed E-state index contributed by atoms with van der Waals surface area (Å²) in [5.41, 5.74) is 8.83. The Hall–Kier alpha value is -3.01. The molecule has 4 rings (SSSR count). The number of nitriles is 1. The van der Waals surface area contributed by atoms with E-state index in [1.807, 2.05) is 30.3 Å². The molecule has 3 N–H and O–H groups in total. The van der Waals surface area contributed by atoms with Crippen molar-refractivity contribution >= 4 is 11.8 Å². The van der Waals surface area contributed by atoms with Crippen molar-refractivity contribution in [3.05, 3.63) is 41.6 Å². The highest BCUT2D eigenvalue weighted by Crippen LogP contribution is 2.45. The maximum atomic E-state index is 9.59. The van der Waals surface area contributed by atoms with Crippen molar-refractivity contribution in [2.24, 2.45) is 10.4 Å². The maximum absolute atomic E-state index is 9.59. The number of likely N-dealkylation sites (tertiary alicyclic amines) is 1. The minimum atomic E-state index is 0.402. The zero-order chi connectivity index (χ0) is 21.7. The van der Waals surface area contributed by atoms with Gasteiger partial charge < -0.3 is 16.0 Å². The number of hydrogen-bond donors (Lipinski definition) is 2. The highest BCUT2D eigenvalue weighted by Gasteiger charge is 2.41. The Bertz CT molecular complexity index is 948. The lowest BCUT2D eigenvalue weighted by atomic mass is 9.86. The van der Waals surface area contributed by atoms with E-state index in [1.165, 1.54) is 32.1 Å². The zero-order valence-corrected chi connectivity index (χ0v) is 18.5. The lowest BCUT2D eigenvalue weighted by molar-refractivity contribution is 0.309. The molecule has 1 aromatic carbocycles. The van der Waals surface area contributed by atoms with Crippen molar-refractivity contribution < 1.29 is 0 Å². The predicted octanol–water partition coefficient (Wildman–Crippen LogP) is 3.49. The van der Waals surface area contributed by atoms with Gasteiger partial charge in [0.1, 0.15) is 17.5 Å². The molecule has 0 unspecified atom stereocenters. The topological polar surface area (TPSA) is 95.3 Å². The number of aliphatic imine (C=N–C) groups is 1. The molecule has 1 aromatic heterocycles. The first-order chi connectivity index (χ1) is 15.2. The maximum Gasteiger partial charge on any atom is 0.193 e. The van der Waals surface area contributed by atoms with Gasteiger partial charge in [-0.3, -0.25) is 4.99 Å². The number of benzene rings is 1. The van der Waals surface area contributed by atoms with Crippen molar-refractivity contribution in [2.75, 3.05) is 31.9 Å². The van der Waals surface area contributed by atoms with E-state index in [0.717, 1.165) is 43.4 Å². The average Bonchev–Trinajstić information content (AvgIpc) is 3.51. The van der Waals surface area contributed by atoms with Crippen LogP contribution in [0.4, 0.5) is 5.82 Å². The molecule has 1 aliphatic carbocycles. The predicted molar refractivity (Wildman–Crippen MR) is 124 cm³/mol. The van der Waals surface area contributed by atoms with Crippen molar-refractivity contribution in [1.29, 1.82) is 5.26 Å². The number of para-hydroxylation sites is 1. The Morgan fingerprint density at radius 1 is 1.26 bits per heavy atom. The summed E-state index contributed by atoms with van der Waals surface area (Å²) in [4.78, 5) is 7.33. The zero-order valence-electron chi connectivity index (χ0n) is 18.5. The Balaban J connectivity index is 1.40. The van der Waals surface area contributed by atoms with Crippen molar-refractivity contribution in [1.82, 2.24) is 20.0 Å². The molecular weight excluding hydrogens is 386 g/mol. The van der Waals surface area contributed by atoms with Gasteiger partial charge in [0.2, 0.25) is 0 Å². The molecule has 1 saturated carbocycles. The number of nitrogens with one attached hydrogen (secondary N) is 1. The minimum Gasteiger partial charge on any atom is -0.382 e. The molecule has 0 bridgehead atoms. The molecule has 0 atom stereocenters. The largest absolute Gasteiger partial charge is 0.382 e. The summed E-state index contributed by atoms with van der Waals surface area (Å²) in [5.74, 6) is 1.43. The Morgan fingerprint density at radius 2 is 2.03 bits per heavy atom. The number of hydrogen-bond acceptors (Lipinski definition) is 4. The molecule has 1 aliphatic heterocycles. The van der Waals surface area contributed by atoms with Crippen LogP contribution in [-0.2, 0) is 6.42 Å². The van der Waals surface area contributed by atoms with Gasteiger partial charge in [0.25, 0.3) is 0 Å². The van der Waals surface area contributed by atoms with E-state index in [-0.39, 0.29) is 0 Å². The summed E-state index contributed by atoms with van der Waals surface area (Å²) in [5, 5.41) is 17.7. The van der Waals surface area contributed by atoms with Gasteiger partial charge in [0, 0.05) is 26.2 Å². The van der Waals surface area contributed by atoms with Gasteiger partial charge in [-0.2, -0.15) is 10.4 Å². The van der Waals surface area contributed by atoms with Crippen LogP contribution in [-0.4, -0.2) is 46.8 Å². The van der Waals surface area contributed by atoms with Crippen LogP contribution in [0.1, 0.15) is 56.7 Å². The van der Waals surface area contributed by atoms with Crippen LogP contribution in [0.25, 0.3) is 5.69 Å². The summed E-state index contributed by atoms with van der Waals surface area (Å²) >= 11 is 0. The summed E-state index contributed by atoms with van der Waals surface area (Å²) in [6.45, 7) is 5.93. The lowest BCUT2D eigenvalue weighted by Crippen LogP contribution is -2.41. The molecule has 7 heteroatoms. The van der Waals surface area contributed by atoms with Crippen LogP contribution in [0.5, 0.6) is 0 Å². The molecular formula is C24H33N7. The number of nitrogen functional groups attached to an aromatic ring is 1. The van der Waals surface area contributed by atoms with E-state index in [2.05, 4.69) is 28.3 Å². The number of aryl methyl sites for hydroxylation is 1. The van der Waals surface area contributed by atoms with Crippen LogP contribution >= 0.6 is 0 Å². The number of anilines is 1. The minimum absolute atomic E-state index is 0.402. The molecule has 0 amide bonds. The third-order valence-corrected chi connectivity index (χ3v) is 6.68. The average molecular weight is 420 g/mol. The first kappa shape index (κ1) is 21.2. The van der Waals surface area contributed by atoms with Crippen LogP contribution in [0.15, 0.2) is 35.3 Å². The molecule has 2 fully saturated rings. The molecule has 7 nitrogen and oxygen atoms in total. The van der Waals surface area contributed by atoms with Gasteiger partial charge in [-0.15, -0.1) is 0 Å². The molecule has 1 saturated heterocycles. The summed E-state index contributed by atoms with van der Waals surface area (Å²) in [6.07, 6.45) is 8.28. The summed E-state index contributed by atoms with van der Waals surface area (Å²) in [6, 6.07) is 11.9. The van der Waals surface area contributed by atoms with E-state index >= 15 is 0 Å². The fourth-order valence-corrected chi connectivity index (χ4v) is 5.05. The second-order valence-electron chi connectivity index (χ2n) is 8.78. The van der Waals surface area contributed by atoms with Crippen LogP contribution in [0, 0.1) is 16.7 Å². The molecule has 2 heterocycles. The van der Waals surface area contributed by atoms with Crippen molar-refractivity contribution in [3.8, 4) is 11.8 Å². The smallest absolute Gasteiger partial charge is 0.193 e. The van der Waals surface area contributed by atoms with Gasteiger partial charge in [-0.05, 0) is 56.6 Å².